The van der Waals surface area contributed by atoms with Crippen molar-refractivity contribution < 1.29 is 18.0 Å². The van der Waals surface area contributed by atoms with Crippen LogP contribution in [0, 0.1) is 0 Å². The van der Waals surface area contributed by atoms with Gasteiger partial charge in [0.1, 0.15) is 6.04 Å². The molecule has 1 aliphatic rings. The lowest BCUT2D eigenvalue weighted by atomic mass is 10.1. The molecule has 1 heterocycles. The third kappa shape index (κ3) is 6.10. The van der Waals surface area contributed by atoms with Gasteiger partial charge in [-0.25, -0.2) is 13.1 Å². The van der Waals surface area contributed by atoms with Gasteiger partial charge in [-0.15, -0.1) is 6.58 Å². The van der Waals surface area contributed by atoms with Crippen molar-refractivity contribution in [1.82, 2.24) is 9.62 Å². The molecule has 1 saturated heterocycles. The summed E-state index contributed by atoms with van der Waals surface area (Å²) in [7, 11) is -3.47. The van der Waals surface area contributed by atoms with Crippen LogP contribution in [0.15, 0.2) is 55.1 Å². The number of nitrogens with zero attached hydrogens (tertiary/aromatic N) is 1. The van der Waals surface area contributed by atoms with Crippen molar-refractivity contribution in [2.45, 2.75) is 24.6 Å². The van der Waals surface area contributed by atoms with E-state index >= 15 is 0 Å². The lowest BCUT2D eigenvalue weighted by Gasteiger charge is -2.24. The number of carbonyl (C=O) groups is 2. The van der Waals surface area contributed by atoms with E-state index in [1.165, 1.54) is 17.0 Å². The maximum atomic E-state index is 13.0. The van der Waals surface area contributed by atoms with Gasteiger partial charge in [-0.3, -0.25) is 9.59 Å². The van der Waals surface area contributed by atoms with Gasteiger partial charge in [0, 0.05) is 23.8 Å². The quantitative estimate of drug-likeness (QED) is 0.543. The number of halogens is 2. The van der Waals surface area contributed by atoms with Gasteiger partial charge in [-0.05, 0) is 48.7 Å². The summed E-state index contributed by atoms with van der Waals surface area (Å²) < 4.78 is 26.4. The lowest BCUT2D eigenvalue weighted by Crippen LogP contribution is -2.43. The van der Waals surface area contributed by atoms with E-state index in [0.29, 0.717) is 35.7 Å². The number of hydrogen-bond acceptors (Lipinski definition) is 4. The molecule has 0 saturated carbocycles. The molecule has 1 atom stereocenters. The number of benzene rings is 2. The van der Waals surface area contributed by atoms with Gasteiger partial charge >= 0.3 is 0 Å². The molecule has 32 heavy (non-hydrogen) atoms. The Morgan fingerprint density at radius 2 is 1.88 bits per heavy atom. The second-order valence-electron chi connectivity index (χ2n) is 7.36. The average molecular weight is 496 g/mol. The Bertz CT molecular complexity index is 1120. The van der Waals surface area contributed by atoms with Crippen LogP contribution in [0.25, 0.3) is 0 Å². The van der Waals surface area contributed by atoms with Crippen LogP contribution < -0.4 is 10.0 Å². The Morgan fingerprint density at radius 1 is 1.16 bits per heavy atom. The van der Waals surface area contributed by atoms with Crippen molar-refractivity contribution in [2.24, 2.45) is 0 Å². The minimum atomic E-state index is -3.47. The fourth-order valence-corrected chi connectivity index (χ4v) is 4.94. The molecule has 1 aliphatic heterocycles. The van der Waals surface area contributed by atoms with Gasteiger partial charge in [0.05, 0.1) is 16.3 Å². The van der Waals surface area contributed by atoms with E-state index in [-0.39, 0.29) is 34.7 Å². The Balaban J connectivity index is 1.66. The van der Waals surface area contributed by atoms with Crippen LogP contribution in [0.1, 0.15) is 28.8 Å². The lowest BCUT2D eigenvalue weighted by molar-refractivity contribution is -0.119. The fourth-order valence-electron chi connectivity index (χ4n) is 3.46. The first-order valence-corrected chi connectivity index (χ1v) is 12.3. The third-order valence-electron chi connectivity index (χ3n) is 5.00. The highest BCUT2D eigenvalue weighted by atomic mass is 35.5. The summed E-state index contributed by atoms with van der Waals surface area (Å²) in [5.41, 5.74) is 1.35. The first-order chi connectivity index (χ1) is 15.2. The van der Waals surface area contributed by atoms with Gasteiger partial charge in [-0.1, -0.05) is 41.4 Å². The molecular weight excluding hydrogens is 473 g/mol. The van der Waals surface area contributed by atoms with Crippen molar-refractivity contribution in [3.05, 3.63) is 76.3 Å². The number of carbonyl (C=O) groups excluding carboxylic acids is 2. The van der Waals surface area contributed by atoms with Gasteiger partial charge in [0.25, 0.3) is 5.91 Å². The number of amides is 2. The Morgan fingerprint density at radius 3 is 2.56 bits per heavy atom. The highest BCUT2D eigenvalue weighted by Gasteiger charge is 2.35. The Kier molecular flexibility index (Phi) is 7.95. The molecule has 170 valence electrons. The second kappa shape index (κ2) is 10.5. The predicted octanol–water partition coefficient (Wildman–Crippen LogP) is 3.84. The number of rotatable bonds is 8. The number of likely N-dealkylation sites (tertiary alicyclic amines) is 1. The molecule has 1 fully saturated rings. The summed E-state index contributed by atoms with van der Waals surface area (Å²) >= 11 is 12.2. The van der Waals surface area contributed by atoms with Crippen LogP contribution in [-0.2, 0) is 20.6 Å². The molecule has 0 spiro atoms. The maximum Gasteiger partial charge on any atom is 0.256 e. The van der Waals surface area contributed by atoms with E-state index in [1.54, 1.807) is 36.4 Å². The summed E-state index contributed by atoms with van der Waals surface area (Å²) in [4.78, 5) is 27.3. The minimum Gasteiger partial charge on any atom is -0.327 e. The Hall–Kier alpha value is -2.39. The molecule has 3 rings (SSSR count). The number of anilines is 1. The zero-order valence-corrected chi connectivity index (χ0v) is 19.5. The van der Waals surface area contributed by atoms with E-state index in [4.69, 9.17) is 23.2 Å². The summed E-state index contributed by atoms with van der Waals surface area (Å²) in [5, 5.41) is 3.47. The molecule has 2 aromatic carbocycles. The van der Waals surface area contributed by atoms with Crippen molar-refractivity contribution >= 4 is 50.7 Å². The molecule has 0 radical (unpaired) electrons. The monoisotopic (exact) mass is 495 g/mol. The molecule has 7 nitrogen and oxygen atoms in total. The first kappa shape index (κ1) is 24.3. The Labute approximate surface area is 197 Å². The molecule has 2 aromatic rings. The molecule has 0 bridgehead atoms. The zero-order valence-electron chi connectivity index (χ0n) is 17.2. The van der Waals surface area contributed by atoms with Crippen LogP contribution in [-0.4, -0.2) is 44.3 Å². The van der Waals surface area contributed by atoms with E-state index in [9.17, 15) is 18.0 Å². The molecule has 2 amide bonds. The van der Waals surface area contributed by atoms with Crippen molar-refractivity contribution in [2.75, 3.05) is 18.4 Å². The molecule has 2 N–H and O–H groups in total. The third-order valence-corrected chi connectivity index (χ3v) is 6.89. The molecule has 10 heteroatoms. The van der Waals surface area contributed by atoms with Gasteiger partial charge < -0.3 is 10.2 Å². The first-order valence-electron chi connectivity index (χ1n) is 9.94. The summed E-state index contributed by atoms with van der Waals surface area (Å²) in [6.07, 6.45) is 2.69. The molecule has 0 aliphatic carbocycles. The predicted molar refractivity (Wildman–Crippen MR) is 126 cm³/mol. The van der Waals surface area contributed by atoms with E-state index in [2.05, 4.69) is 16.6 Å². The van der Waals surface area contributed by atoms with Gasteiger partial charge in [-0.2, -0.15) is 0 Å². The summed E-state index contributed by atoms with van der Waals surface area (Å²) in [5.74, 6) is -0.842. The minimum absolute atomic E-state index is 0.160. The standard InChI is InChI=1S/C22H23Cl2N3O4S/c1-2-11-25-32(30,31)14-15-5-8-17(9-6-15)26-21(28)20-4-3-12-27(20)22(29)18-13-16(23)7-10-19(18)24/h2,5-10,13,20,25H,1,3-4,11-12,14H2,(H,26,28). The van der Waals surface area contributed by atoms with Crippen LogP contribution in [0.5, 0.6) is 0 Å². The highest BCUT2D eigenvalue weighted by Crippen LogP contribution is 2.27. The van der Waals surface area contributed by atoms with Crippen molar-refractivity contribution in [1.29, 1.82) is 0 Å². The molecule has 0 aromatic heterocycles. The van der Waals surface area contributed by atoms with Gasteiger partial charge in [0.2, 0.25) is 15.9 Å². The van der Waals surface area contributed by atoms with Gasteiger partial charge in [0.15, 0.2) is 0 Å². The van der Waals surface area contributed by atoms with Crippen LogP contribution in [0.3, 0.4) is 0 Å². The largest absolute Gasteiger partial charge is 0.327 e. The van der Waals surface area contributed by atoms with Crippen LogP contribution in [0.4, 0.5) is 5.69 Å². The number of hydrogen-bond donors (Lipinski definition) is 2. The fraction of sp³-hybridized carbons (Fsp3) is 0.273. The maximum absolute atomic E-state index is 13.0. The zero-order chi connectivity index (χ0) is 23.3. The normalized spacial score (nSPS) is 16.1. The second-order valence-corrected chi connectivity index (χ2v) is 10.0. The van der Waals surface area contributed by atoms with E-state index in [0.717, 1.165) is 0 Å². The van der Waals surface area contributed by atoms with Crippen LogP contribution >= 0.6 is 23.2 Å². The molecule has 1 unspecified atom stereocenters. The van der Waals surface area contributed by atoms with E-state index < -0.39 is 16.1 Å². The number of nitrogens with one attached hydrogen (secondary N) is 2. The highest BCUT2D eigenvalue weighted by molar-refractivity contribution is 7.88. The van der Waals surface area contributed by atoms with Crippen molar-refractivity contribution in [3.63, 3.8) is 0 Å². The number of sulfonamides is 1. The molecular formula is C22H23Cl2N3O4S. The van der Waals surface area contributed by atoms with E-state index in [1.807, 2.05) is 0 Å². The van der Waals surface area contributed by atoms with Crippen molar-refractivity contribution in [3.8, 4) is 0 Å². The summed E-state index contributed by atoms with van der Waals surface area (Å²) in [6.45, 7) is 4.08. The topological polar surface area (TPSA) is 95.6 Å². The van der Waals surface area contributed by atoms with Crippen LogP contribution in [0.2, 0.25) is 10.0 Å². The summed E-state index contributed by atoms with van der Waals surface area (Å²) in [6, 6.07) is 10.5. The SMILES string of the molecule is C=CCNS(=O)(=O)Cc1ccc(NC(=O)C2CCCN2C(=O)c2cc(Cl)ccc2Cl)cc1. The smallest absolute Gasteiger partial charge is 0.256 e. The average Bonchev–Trinajstić information content (AvgIpc) is 3.25.